The molecule has 0 spiro atoms. The van der Waals surface area contributed by atoms with E-state index in [9.17, 15) is 24.5 Å². The van der Waals surface area contributed by atoms with Crippen molar-refractivity contribution < 1.29 is 24.0 Å². The lowest BCUT2D eigenvalue weighted by molar-refractivity contribution is -0.384. The Morgan fingerprint density at radius 1 is 1.10 bits per heavy atom. The lowest BCUT2D eigenvalue weighted by Gasteiger charge is -2.13. The third-order valence-corrected chi connectivity index (χ3v) is 3.97. The maximum absolute atomic E-state index is 12.2. The van der Waals surface area contributed by atoms with E-state index in [0.29, 0.717) is 23.5 Å². The zero-order chi connectivity index (χ0) is 22.3. The molecule has 158 valence electrons. The lowest BCUT2D eigenvalue weighted by Crippen LogP contribution is -2.23. The molecule has 0 aliphatic heterocycles. The number of rotatable bonds is 8. The van der Waals surface area contributed by atoms with Crippen LogP contribution in [-0.2, 0) is 9.53 Å². The van der Waals surface area contributed by atoms with Crippen LogP contribution in [0.25, 0.3) is 0 Å². The Morgan fingerprint density at radius 2 is 1.83 bits per heavy atom. The molecule has 2 amide bonds. The number of hydrogen-bond donors (Lipinski definition) is 2. The van der Waals surface area contributed by atoms with Crippen molar-refractivity contribution >= 4 is 34.8 Å². The SMILES string of the molecule is CCNC(=O)c1cccc(NC(=O)COC(=O)c2ccc(N(C)C)c([N+](=O)[O-])c2)c1. The van der Waals surface area contributed by atoms with Crippen LogP contribution >= 0.6 is 0 Å². The van der Waals surface area contributed by atoms with Crippen LogP contribution in [-0.4, -0.2) is 50.0 Å². The largest absolute Gasteiger partial charge is 0.452 e. The summed E-state index contributed by atoms with van der Waals surface area (Å²) in [6.07, 6.45) is 0. The first kappa shape index (κ1) is 22.3. The maximum atomic E-state index is 12.2. The highest BCUT2D eigenvalue weighted by Gasteiger charge is 2.20. The smallest absolute Gasteiger partial charge is 0.338 e. The Kier molecular flexibility index (Phi) is 7.45. The van der Waals surface area contributed by atoms with Crippen LogP contribution in [0.3, 0.4) is 0 Å². The van der Waals surface area contributed by atoms with Crippen molar-refractivity contribution in [3.05, 3.63) is 63.7 Å². The first-order valence-electron chi connectivity index (χ1n) is 9.04. The molecule has 0 heterocycles. The average molecular weight is 414 g/mol. The second-order valence-corrected chi connectivity index (χ2v) is 6.42. The predicted molar refractivity (Wildman–Crippen MR) is 111 cm³/mol. The number of ether oxygens (including phenoxy) is 1. The van der Waals surface area contributed by atoms with Crippen molar-refractivity contribution in [2.45, 2.75) is 6.92 Å². The number of nitrogens with zero attached hydrogens (tertiary/aromatic N) is 2. The van der Waals surface area contributed by atoms with Crippen LogP contribution in [0, 0.1) is 10.1 Å². The van der Waals surface area contributed by atoms with E-state index < -0.39 is 23.4 Å². The number of esters is 1. The summed E-state index contributed by atoms with van der Waals surface area (Å²) >= 11 is 0. The molecule has 2 aromatic carbocycles. The van der Waals surface area contributed by atoms with Crippen LogP contribution in [0.15, 0.2) is 42.5 Å². The molecule has 0 aliphatic rings. The molecule has 0 bridgehead atoms. The zero-order valence-electron chi connectivity index (χ0n) is 16.8. The number of amides is 2. The standard InChI is InChI=1S/C20H22N4O6/c1-4-21-19(26)13-6-5-7-15(10-13)22-18(25)12-30-20(27)14-8-9-16(23(2)3)17(11-14)24(28)29/h5-11H,4,12H2,1-3H3,(H,21,26)(H,22,25). The van der Waals surface area contributed by atoms with E-state index in [1.165, 1.54) is 18.2 Å². The second-order valence-electron chi connectivity index (χ2n) is 6.42. The van der Waals surface area contributed by atoms with Gasteiger partial charge in [0, 0.05) is 38.0 Å². The second kappa shape index (κ2) is 10.0. The molecule has 10 heteroatoms. The highest BCUT2D eigenvalue weighted by molar-refractivity contribution is 5.98. The van der Waals surface area contributed by atoms with Gasteiger partial charge < -0.3 is 20.3 Å². The molecule has 2 N–H and O–H groups in total. The van der Waals surface area contributed by atoms with Crippen molar-refractivity contribution in [3.8, 4) is 0 Å². The van der Waals surface area contributed by atoms with Gasteiger partial charge >= 0.3 is 5.97 Å². The fraction of sp³-hybridized carbons (Fsp3) is 0.250. The Morgan fingerprint density at radius 3 is 2.47 bits per heavy atom. The molecule has 10 nitrogen and oxygen atoms in total. The molecule has 2 aromatic rings. The number of carbonyl (C=O) groups excluding carboxylic acids is 3. The first-order valence-corrected chi connectivity index (χ1v) is 9.04. The van der Waals surface area contributed by atoms with Crippen molar-refractivity contribution in [1.82, 2.24) is 5.32 Å². The molecular weight excluding hydrogens is 392 g/mol. The summed E-state index contributed by atoms with van der Waals surface area (Å²) in [6.45, 7) is 1.67. The maximum Gasteiger partial charge on any atom is 0.338 e. The van der Waals surface area contributed by atoms with Crippen LogP contribution in [0.2, 0.25) is 0 Å². The van der Waals surface area contributed by atoms with Gasteiger partial charge in [0.15, 0.2) is 6.61 Å². The number of nitrogens with one attached hydrogen (secondary N) is 2. The van der Waals surface area contributed by atoms with Crippen LogP contribution in [0.4, 0.5) is 17.1 Å². The number of nitro groups is 1. The molecule has 0 atom stereocenters. The summed E-state index contributed by atoms with van der Waals surface area (Å²) in [5.41, 5.74) is 0.784. The molecule has 2 rings (SSSR count). The summed E-state index contributed by atoms with van der Waals surface area (Å²) in [7, 11) is 3.29. The molecule has 0 saturated heterocycles. The van der Waals surface area contributed by atoms with Gasteiger partial charge in [-0.05, 0) is 37.3 Å². The Labute approximate surface area is 173 Å². The molecule has 0 aromatic heterocycles. The molecule has 30 heavy (non-hydrogen) atoms. The van der Waals surface area contributed by atoms with E-state index in [1.807, 2.05) is 0 Å². The highest BCUT2D eigenvalue weighted by atomic mass is 16.6. The van der Waals surface area contributed by atoms with Gasteiger partial charge in [0.25, 0.3) is 17.5 Å². The topological polar surface area (TPSA) is 131 Å². The van der Waals surface area contributed by atoms with Gasteiger partial charge in [0.05, 0.1) is 10.5 Å². The number of benzene rings is 2. The van der Waals surface area contributed by atoms with Gasteiger partial charge in [-0.25, -0.2) is 4.79 Å². The van der Waals surface area contributed by atoms with E-state index in [-0.39, 0.29) is 17.2 Å². The number of nitro benzene ring substituents is 1. The summed E-state index contributed by atoms with van der Waals surface area (Å²) < 4.78 is 4.95. The van der Waals surface area contributed by atoms with E-state index >= 15 is 0 Å². The molecule has 0 radical (unpaired) electrons. The van der Waals surface area contributed by atoms with Crippen molar-refractivity contribution in [2.75, 3.05) is 37.5 Å². The van der Waals surface area contributed by atoms with Crippen molar-refractivity contribution in [2.24, 2.45) is 0 Å². The highest BCUT2D eigenvalue weighted by Crippen LogP contribution is 2.27. The van der Waals surface area contributed by atoms with Crippen molar-refractivity contribution in [3.63, 3.8) is 0 Å². The molecule has 0 saturated carbocycles. The number of anilines is 2. The first-order chi connectivity index (χ1) is 14.2. The van der Waals surface area contributed by atoms with E-state index in [1.54, 1.807) is 44.1 Å². The fourth-order valence-corrected chi connectivity index (χ4v) is 2.59. The van der Waals surface area contributed by atoms with Gasteiger partial charge in [-0.3, -0.25) is 19.7 Å². The number of carbonyl (C=O) groups is 3. The summed E-state index contributed by atoms with van der Waals surface area (Å²) in [4.78, 5) is 48.3. The van der Waals surface area contributed by atoms with Crippen molar-refractivity contribution in [1.29, 1.82) is 0 Å². The minimum Gasteiger partial charge on any atom is -0.452 e. The van der Waals surface area contributed by atoms with Gasteiger partial charge in [-0.2, -0.15) is 0 Å². The van der Waals surface area contributed by atoms with E-state index in [2.05, 4.69) is 10.6 Å². The van der Waals surface area contributed by atoms with E-state index in [4.69, 9.17) is 4.74 Å². The monoisotopic (exact) mass is 414 g/mol. The third-order valence-electron chi connectivity index (χ3n) is 3.97. The molecule has 0 aliphatic carbocycles. The van der Waals surface area contributed by atoms with Crippen LogP contribution in [0.5, 0.6) is 0 Å². The summed E-state index contributed by atoms with van der Waals surface area (Å²) in [5, 5.41) is 16.4. The normalized spacial score (nSPS) is 10.1. The third kappa shape index (κ3) is 5.77. The van der Waals surface area contributed by atoms with Crippen LogP contribution in [0.1, 0.15) is 27.6 Å². The average Bonchev–Trinajstić information content (AvgIpc) is 2.71. The minimum atomic E-state index is -0.866. The Hall–Kier alpha value is -3.95. The molecule has 0 fully saturated rings. The van der Waals surface area contributed by atoms with Gasteiger partial charge in [-0.1, -0.05) is 6.07 Å². The quantitative estimate of drug-likeness (QED) is 0.385. The fourth-order valence-electron chi connectivity index (χ4n) is 2.59. The predicted octanol–water partition coefficient (Wildman–Crippen LogP) is 2.21. The van der Waals surface area contributed by atoms with Gasteiger partial charge in [0.1, 0.15) is 5.69 Å². The molecule has 0 unspecified atom stereocenters. The zero-order valence-corrected chi connectivity index (χ0v) is 16.8. The molecular formula is C20H22N4O6. The lowest BCUT2D eigenvalue weighted by atomic mass is 10.1. The van der Waals surface area contributed by atoms with Gasteiger partial charge in [0.2, 0.25) is 0 Å². The van der Waals surface area contributed by atoms with E-state index in [0.717, 1.165) is 6.07 Å². The van der Waals surface area contributed by atoms with Gasteiger partial charge in [-0.15, -0.1) is 0 Å². The van der Waals surface area contributed by atoms with Crippen LogP contribution < -0.4 is 15.5 Å². The minimum absolute atomic E-state index is 0.0432. The Balaban J connectivity index is 2.01. The summed E-state index contributed by atoms with van der Waals surface area (Å²) in [5.74, 6) is -1.76. The number of hydrogen-bond acceptors (Lipinski definition) is 7. The Bertz CT molecular complexity index is 974. The summed E-state index contributed by atoms with van der Waals surface area (Å²) in [6, 6.07) is 10.2.